The topological polar surface area (TPSA) is 122 Å². The molecular weight excluding hydrogens is 543 g/mol. The first-order valence-corrected chi connectivity index (χ1v) is 15.2. The molecule has 3 heterocycles. The Morgan fingerprint density at radius 2 is 1.90 bits per heavy atom. The molecule has 0 radical (unpaired) electrons. The summed E-state index contributed by atoms with van der Waals surface area (Å²) in [5, 5.41) is 17.4. The van der Waals surface area contributed by atoms with Crippen LogP contribution in [0.3, 0.4) is 0 Å². The van der Waals surface area contributed by atoms with Gasteiger partial charge in [-0.25, -0.2) is 12.8 Å². The molecule has 1 aliphatic rings. The Hall–Kier alpha value is -4.27. The third-order valence-electron chi connectivity index (χ3n) is 6.93. The first kappa shape index (κ1) is 28.3. The van der Waals surface area contributed by atoms with Crippen molar-refractivity contribution in [2.24, 2.45) is 0 Å². The maximum absolute atomic E-state index is 13.6. The fourth-order valence-corrected chi connectivity index (χ4v) is 6.14. The molecule has 0 aliphatic carbocycles. The number of sulfone groups is 1. The summed E-state index contributed by atoms with van der Waals surface area (Å²) in [6.45, 7) is 2.25. The third-order valence-corrected chi connectivity index (χ3v) is 8.63. The molecular formula is C30H31FN6O3S. The summed E-state index contributed by atoms with van der Waals surface area (Å²) in [4.78, 5) is 12.9. The van der Waals surface area contributed by atoms with Crippen LogP contribution in [0, 0.1) is 17.7 Å². The zero-order valence-corrected chi connectivity index (χ0v) is 23.3. The molecule has 5 rings (SSSR count). The van der Waals surface area contributed by atoms with Crippen LogP contribution in [0.2, 0.25) is 0 Å². The molecule has 0 saturated carbocycles. The minimum absolute atomic E-state index is 0.0139. The summed E-state index contributed by atoms with van der Waals surface area (Å²) < 4.78 is 42.4. The normalized spacial score (nSPS) is 13.9. The highest BCUT2D eigenvalue weighted by molar-refractivity contribution is 7.90. The largest absolute Gasteiger partial charge is 0.352 e. The van der Waals surface area contributed by atoms with Crippen molar-refractivity contribution >= 4 is 15.7 Å². The van der Waals surface area contributed by atoms with Gasteiger partial charge >= 0.3 is 0 Å². The number of piperidine rings is 1. The predicted octanol–water partition coefficient (Wildman–Crippen LogP) is 3.41. The van der Waals surface area contributed by atoms with Gasteiger partial charge in [-0.2, -0.15) is 10.2 Å². The Morgan fingerprint density at radius 1 is 1.10 bits per heavy atom. The standard InChI is InChI=1S/C30H31FN6O3S/c31-26-8-4-22(5-9-26)3-6-24-18-25(30(38)33-14-1-2-23-19-34-35-20-23)7-10-29(24)41(39,40)21-27-13-17-37(36-27)28-11-15-32-16-12-28/h4-5,7-10,13,17-20,28,32H,1-2,11-12,14-16,21H2,(H,33,38)(H,34,35). The summed E-state index contributed by atoms with van der Waals surface area (Å²) >= 11 is 0. The van der Waals surface area contributed by atoms with E-state index in [9.17, 15) is 17.6 Å². The molecule has 3 N–H and O–H groups in total. The molecule has 0 bridgehead atoms. The zero-order chi connectivity index (χ0) is 28.7. The lowest BCUT2D eigenvalue weighted by Crippen LogP contribution is -2.29. The van der Waals surface area contributed by atoms with Crippen molar-refractivity contribution in [1.29, 1.82) is 0 Å². The van der Waals surface area contributed by atoms with Crippen molar-refractivity contribution in [3.63, 3.8) is 0 Å². The van der Waals surface area contributed by atoms with Gasteiger partial charge in [-0.15, -0.1) is 0 Å². The third kappa shape index (κ3) is 7.48. The second kappa shape index (κ2) is 12.9. The van der Waals surface area contributed by atoms with Crippen LogP contribution in [-0.4, -0.2) is 53.9 Å². The smallest absolute Gasteiger partial charge is 0.251 e. The van der Waals surface area contributed by atoms with E-state index in [0.717, 1.165) is 44.3 Å². The summed E-state index contributed by atoms with van der Waals surface area (Å²) in [7, 11) is -3.85. The molecule has 2 aromatic carbocycles. The van der Waals surface area contributed by atoms with Gasteiger partial charge in [0.1, 0.15) is 5.82 Å². The van der Waals surface area contributed by atoms with E-state index >= 15 is 0 Å². The fraction of sp³-hybridized carbons (Fsp3) is 0.300. The molecule has 1 aliphatic heterocycles. The van der Waals surface area contributed by atoms with Crippen LogP contribution in [0.1, 0.15) is 58.0 Å². The van der Waals surface area contributed by atoms with Crippen molar-refractivity contribution in [1.82, 2.24) is 30.6 Å². The van der Waals surface area contributed by atoms with E-state index in [-0.39, 0.29) is 28.2 Å². The molecule has 1 saturated heterocycles. The van der Waals surface area contributed by atoms with Gasteiger partial charge in [-0.3, -0.25) is 14.6 Å². The molecule has 11 heteroatoms. The number of aromatic amines is 1. The number of carbonyl (C=O) groups excluding carboxylic acids is 1. The molecule has 41 heavy (non-hydrogen) atoms. The Balaban J connectivity index is 1.36. The Labute approximate surface area is 238 Å². The van der Waals surface area contributed by atoms with E-state index in [2.05, 4.69) is 37.8 Å². The number of amides is 1. The second-order valence-electron chi connectivity index (χ2n) is 9.96. The molecule has 9 nitrogen and oxygen atoms in total. The number of rotatable bonds is 9. The maximum atomic E-state index is 13.6. The van der Waals surface area contributed by atoms with Crippen LogP contribution < -0.4 is 10.6 Å². The lowest BCUT2D eigenvalue weighted by molar-refractivity contribution is 0.0953. The van der Waals surface area contributed by atoms with Crippen molar-refractivity contribution in [2.75, 3.05) is 19.6 Å². The summed E-state index contributed by atoms with van der Waals surface area (Å²) in [5.74, 6) is 4.79. The van der Waals surface area contributed by atoms with Crippen molar-refractivity contribution < 1.29 is 17.6 Å². The second-order valence-corrected chi connectivity index (χ2v) is 11.9. The van der Waals surface area contributed by atoms with Crippen LogP contribution in [0.5, 0.6) is 0 Å². The molecule has 0 atom stereocenters. The first-order valence-electron chi connectivity index (χ1n) is 13.5. The average molecular weight is 575 g/mol. The molecule has 1 fully saturated rings. The van der Waals surface area contributed by atoms with Gasteiger partial charge < -0.3 is 10.6 Å². The van der Waals surface area contributed by atoms with E-state index in [0.29, 0.717) is 23.4 Å². The SMILES string of the molecule is O=C(NCCCc1cn[nH]c1)c1ccc(S(=O)(=O)Cc2ccn(C3CCNCC3)n2)c(C#Cc2ccc(F)cc2)c1. The van der Waals surface area contributed by atoms with Gasteiger partial charge in [0.2, 0.25) is 0 Å². The van der Waals surface area contributed by atoms with Crippen LogP contribution in [0.25, 0.3) is 0 Å². The van der Waals surface area contributed by atoms with Gasteiger partial charge in [0, 0.05) is 35.6 Å². The molecule has 4 aromatic rings. The molecule has 0 unspecified atom stereocenters. The number of benzene rings is 2. The number of carbonyl (C=O) groups is 1. The highest BCUT2D eigenvalue weighted by Gasteiger charge is 2.23. The van der Waals surface area contributed by atoms with Crippen LogP contribution >= 0.6 is 0 Å². The highest BCUT2D eigenvalue weighted by Crippen LogP contribution is 2.23. The van der Waals surface area contributed by atoms with E-state index in [4.69, 9.17) is 0 Å². The minimum Gasteiger partial charge on any atom is -0.352 e. The number of H-pyrrole nitrogens is 1. The van der Waals surface area contributed by atoms with Gasteiger partial charge in [0.15, 0.2) is 9.84 Å². The number of hydrogen-bond acceptors (Lipinski definition) is 6. The van der Waals surface area contributed by atoms with Crippen molar-refractivity contribution in [2.45, 2.75) is 42.4 Å². The Morgan fingerprint density at radius 3 is 2.66 bits per heavy atom. The van der Waals surface area contributed by atoms with Crippen molar-refractivity contribution in [3.05, 3.63) is 101 Å². The van der Waals surface area contributed by atoms with E-state index in [1.165, 1.54) is 42.5 Å². The van der Waals surface area contributed by atoms with Gasteiger partial charge in [-0.1, -0.05) is 11.8 Å². The number of aryl methyl sites for hydroxylation is 1. The quantitative estimate of drug-likeness (QED) is 0.208. The predicted molar refractivity (Wildman–Crippen MR) is 152 cm³/mol. The number of aromatic nitrogens is 4. The molecule has 0 spiro atoms. The first-order chi connectivity index (χ1) is 19.9. The lowest BCUT2D eigenvalue weighted by atomic mass is 10.1. The zero-order valence-electron chi connectivity index (χ0n) is 22.4. The lowest BCUT2D eigenvalue weighted by Gasteiger charge is -2.22. The summed E-state index contributed by atoms with van der Waals surface area (Å²) in [6.07, 6.45) is 8.73. The minimum atomic E-state index is -3.85. The van der Waals surface area contributed by atoms with Gasteiger partial charge in [0.25, 0.3) is 5.91 Å². The number of nitrogens with one attached hydrogen (secondary N) is 3. The summed E-state index contributed by atoms with van der Waals surface area (Å²) in [5.41, 5.74) is 2.50. The average Bonchev–Trinajstić information content (AvgIpc) is 3.67. The molecule has 1 amide bonds. The number of halogens is 1. The molecule has 2 aromatic heterocycles. The van der Waals surface area contributed by atoms with Gasteiger partial charge in [0.05, 0.1) is 28.6 Å². The van der Waals surface area contributed by atoms with E-state index < -0.39 is 15.7 Å². The van der Waals surface area contributed by atoms with E-state index in [1.54, 1.807) is 12.3 Å². The fourth-order valence-electron chi connectivity index (χ4n) is 4.73. The van der Waals surface area contributed by atoms with Gasteiger partial charge in [-0.05, 0) is 92.9 Å². The monoisotopic (exact) mass is 574 g/mol. The number of hydrogen-bond donors (Lipinski definition) is 3. The highest BCUT2D eigenvalue weighted by atomic mass is 32.2. The maximum Gasteiger partial charge on any atom is 0.251 e. The Bertz CT molecular complexity index is 1650. The van der Waals surface area contributed by atoms with Crippen LogP contribution in [-0.2, 0) is 22.0 Å². The van der Waals surface area contributed by atoms with E-state index in [1.807, 2.05) is 17.1 Å². The van der Waals surface area contributed by atoms with Crippen molar-refractivity contribution in [3.8, 4) is 11.8 Å². The Kier molecular flexibility index (Phi) is 8.91. The van der Waals surface area contributed by atoms with Crippen LogP contribution in [0.4, 0.5) is 4.39 Å². The van der Waals surface area contributed by atoms with Crippen LogP contribution in [0.15, 0.2) is 72.0 Å². The summed E-state index contributed by atoms with van der Waals surface area (Å²) in [6, 6.07) is 12.0. The molecule has 212 valence electrons. The number of nitrogens with zero attached hydrogens (tertiary/aromatic N) is 3.